The molecule has 0 fully saturated rings. The molecule has 0 aliphatic heterocycles. The van der Waals surface area contributed by atoms with Crippen molar-refractivity contribution in [2.45, 2.75) is 26.9 Å². The largest absolute Gasteiger partial charge is 0.336 e. The lowest BCUT2D eigenvalue weighted by molar-refractivity contribution is -0.385. The van der Waals surface area contributed by atoms with Gasteiger partial charge in [-0.3, -0.25) is 24.3 Å². The molecule has 2 aromatic heterocycles. The second-order valence-electron chi connectivity index (χ2n) is 5.02. The summed E-state index contributed by atoms with van der Waals surface area (Å²) in [6.07, 6.45) is 2.95. The van der Waals surface area contributed by atoms with E-state index in [1.165, 1.54) is 15.8 Å². The second-order valence-corrected chi connectivity index (χ2v) is 5.02. The summed E-state index contributed by atoms with van der Waals surface area (Å²) in [5.74, 6) is -0.484. The van der Waals surface area contributed by atoms with Gasteiger partial charge in [0, 0.05) is 38.4 Å². The first kappa shape index (κ1) is 15.7. The fourth-order valence-electron chi connectivity index (χ4n) is 2.07. The zero-order valence-corrected chi connectivity index (χ0v) is 13.0. The Labute approximate surface area is 127 Å². The number of aromatic nitrogens is 4. The van der Waals surface area contributed by atoms with E-state index in [1.54, 1.807) is 24.9 Å². The van der Waals surface area contributed by atoms with Crippen LogP contribution in [0, 0.1) is 17.0 Å². The van der Waals surface area contributed by atoms with E-state index in [2.05, 4.69) is 10.2 Å². The van der Waals surface area contributed by atoms with Crippen molar-refractivity contribution in [1.82, 2.24) is 24.5 Å². The molecule has 0 bridgehead atoms. The average Bonchev–Trinajstić information content (AvgIpc) is 3.05. The molecule has 0 unspecified atom stereocenters. The van der Waals surface area contributed by atoms with Crippen LogP contribution in [-0.4, -0.2) is 42.3 Å². The number of carbonyl (C=O) groups is 1. The molecule has 0 atom stereocenters. The molecule has 0 aliphatic rings. The molecule has 0 aromatic carbocycles. The number of rotatable bonds is 5. The van der Waals surface area contributed by atoms with Gasteiger partial charge in [-0.25, -0.2) is 0 Å². The average molecular weight is 306 g/mol. The van der Waals surface area contributed by atoms with Gasteiger partial charge in [-0.15, -0.1) is 0 Å². The number of nitro groups is 1. The van der Waals surface area contributed by atoms with Crippen LogP contribution in [0.3, 0.4) is 0 Å². The van der Waals surface area contributed by atoms with Crippen molar-refractivity contribution in [2.24, 2.45) is 7.05 Å². The third-order valence-electron chi connectivity index (χ3n) is 3.56. The Morgan fingerprint density at radius 2 is 2.18 bits per heavy atom. The van der Waals surface area contributed by atoms with Crippen LogP contribution in [0.4, 0.5) is 5.69 Å². The highest BCUT2D eigenvalue weighted by molar-refractivity contribution is 5.95. The minimum Gasteiger partial charge on any atom is -0.336 e. The molecule has 0 spiro atoms. The maximum Gasteiger partial charge on any atom is 0.320 e. The predicted octanol–water partition coefficient (Wildman–Crippen LogP) is 1.13. The number of nitrogens with zero attached hydrogens (tertiary/aromatic N) is 6. The van der Waals surface area contributed by atoms with Gasteiger partial charge in [-0.05, 0) is 13.8 Å². The van der Waals surface area contributed by atoms with Gasteiger partial charge < -0.3 is 4.90 Å². The highest BCUT2D eigenvalue weighted by atomic mass is 16.6. The number of hydrogen-bond donors (Lipinski definition) is 0. The maximum atomic E-state index is 12.4. The van der Waals surface area contributed by atoms with Gasteiger partial charge >= 0.3 is 5.69 Å². The van der Waals surface area contributed by atoms with Crippen molar-refractivity contribution in [1.29, 1.82) is 0 Å². The van der Waals surface area contributed by atoms with Crippen LogP contribution < -0.4 is 0 Å². The second kappa shape index (κ2) is 5.96. The summed E-state index contributed by atoms with van der Waals surface area (Å²) in [7, 11) is 3.40. The summed E-state index contributed by atoms with van der Waals surface area (Å²) in [4.78, 5) is 24.3. The number of hydrogen-bond acceptors (Lipinski definition) is 5. The molecule has 22 heavy (non-hydrogen) atoms. The fourth-order valence-corrected chi connectivity index (χ4v) is 2.07. The zero-order valence-electron chi connectivity index (χ0n) is 13.0. The highest BCUT2D eigenvalue weighted by Gasteiger charge is 2.28. The van der Waals surface area contributed by atoms with Crippen LogP contribution in [0.25, 0.3) is 0 Å². The third kappa shape index (κ3) is 2.83. The first-order chi connectivity index (χ1) is 10.3. The van der Waals surface area contributed by atoms with Gasteiger partial charge in [0.25, 0.3) is 5.91 Å². The van der Waals surface area contributed by atoms with Crippen molar-refractivity contribution >= 4 is 11.6 Å². The molecule has 9 nitrogen and oxygen atoms in total. The Hall–Kier alpha value is -2.71. The van der Waals surface area contributed by atoms with Gasteiger partial charge in [-0.1, -0.05) is 0 Å². The van der Waals surface area contributed by atoms with Crippen molar-refractivity contribution < 1.29 is 9.72 Å². The topological polar surface area (TPSA) is 99.1 Å². The van der Waals surface area contributed by atoms with Crippen LogP contribution in [0.1, 0.15) is 28.7 Å². The van der Waals surface area contributed by atoms with E-state index < -0.39 is 10.8 Å². The van der Waals surface area contributed by atoms with E-state index in [0.717, 1.165) is 11.3 Å². The lowest BCUT2D eigenvalue weighted by Crippen LogP contribution is -2.27. The summed E-state index contributed by atoms with van der Waals surface area (Å²) in [5, 5.41) is 19.2. The summed E-state index contributed by atoms with van der Waals surface area (Å²) < 4.78 is 3.09. The molecule has 0 N–H and O–H groups in total. The fraction of sp³-hybridized carbons (Fsp3) is 0.462. The Kier molecular flexibility index (Phi) is 4.25. The molecular formula is C13H18N6O3. The normalized spacial score (nSPS) is 10.7. The van der Waals surface area contributed by atoms with E-state index in [9.17, 15) is 14.9 Å². The summed E-state index contributed by atoms with van der Waals surface area (Å²) >= 11 is 0. The van der Waals surface area contributed by atoms with E-state index in [1.807, 2.05) is 14.0 Å². The lowest BCUT2D eigenvalue weighted by atomic mass is 10.2. The number of amides is 1. The monoisotopic (exact) mass is 306 g/mol. The van der Waals surface area contributed by atoms with Crippen LogP contribution in [0.2, 0.25) is 0 Å². The van der Waals surface area contributed by atoms with Gasteiger partial charge in [0.15, 0.2) is 0 Å². The number of aryl methyl sites for hydroxylation is 2. The molecule has 2 aromatic rings. The van der Waals surface area contributed by atoms with E-state index >= 15 is 0 Å². The van der Waals surface area contributed by atoms with Crippen molar-refractivity contribution in [2.75, 3.05) is 7.05 Å². The van der Waals surface area contributed by atoms with Gasteiger partial charge in [0.2, 0.25) is 5.69 Å². The summed E-state index contributed by atoms with van der Waals surface area (Å²) in [6, 6.07) is 0. The SMILES string of the molecule is CCn1cc([N+](=O)[O-])c(C(=O)N(C)Cc2cnn(C)c2C)n1. The molecule has 1 amide bonds. The van der Waals surface area contributed by atoms with Crippen LogP contribution in [0.15, 0.2) is 12.4 Å². The number of carbonyl (C=O) groups excluding carboxylic acids is 1. The van der Waals surface area contributed by atoms with Crippen molar-refractivity contribution in [3.05, 3.63) is 39.5 Å². The van der Waals surface area contributed by atoms with Gasteiger partial charge in [0.1, 0.15) is 6.20 Å². The molecule has 0 radical (unpaired) electrons. The van der Waals surface area contributed by atoms with Crippen LogP contribution in [-0.2, 0) is 20.1 Å². The minimum absolute atomic E-state index is 0.143. The Bertz CT molecular complexity index is 717. The molecule has 2 heterocycles. The molecule has 9 heteroatoms. The summed E-state index contributed by atoms with van der Waals surface area (Å²) in [6.45, 7) is 4.47. The molecule has 0 saturated carbocycles. The van der Waals surface area contributed by atoms with Crippen LogP contribution in [0.5, 0.6) is 0 Å². The van der Waals surface area contributed by atoms with E-state index in [0.29, 0.717) is 13.1 Å². The molecular weight excluding hydrogens is 288 g/mol. The van der Waals surface area contributed by atoms with Gasteiger partial charge in [-0.2, -0.15) is 10.2 Å². The van der Waals surface area contributed by atoms with E-state index in [-0.39, 0.29) is 11.4 Å². The Morgan fingerprint density at radius 3 is 2.68 bits per heavy atom. The first-order valence-electron chi connectivity index (χ1n) is 6.79. The lowest BCUT2D eigenvalue weighted by Gasteiger charge is -2.15. The Balaban J connectivity index is 2.25. The minimum atomic E-state index is -0.588. The van der Waals surface area contributed by atoms with Crippen molar-refractivity contribution in [3.8, 4) is 0 Å². The quantitative estimate of drug-likeness (QED) is 0.609. The molecule has 0 aliphatic carbocycles. The smallest absolute Gasteiger partial charge is 0.320 e. The third-order valence-corrected chi connectivity index (χ3v) is 3.56. The van der Waals surface area contributed by atoms with E-state index in [4.69, 9.17) is 0 Å². The maximum absolute atomic E-state index is 12.4. The standard InChI is InChI=1S/C13H18N6O3/c1-5-18-8-11(19(21)22)12(15-18)13(20)16(3)7-10-6-14-17(4)9(10)2/h6,8H,5,7H2,1-4H3. The molecule has 2 rings (SSSR count). The highest BCUT2D eigenvalue weighted by Crippen LogP contribution is 2.19. The molecule has 118 valence electrons. The van der Waals surface area contributed by atoms with Crippen LogP contribution >= 0.6 is 0 Å². The summed E-state index contributed by atoms with van der Waals surface area (Å²) in [5.41, 5.74) is 1.40. The van der Waals surface area contributed by atoms with Gasteiger partial charge in [0.05, 0.1) is 11.1 Å². The molecule has 0 saturated heterocycles. The predicted molar refractivity (Wildman–Crippen MR) is 78.3 cm³/mol. The van der Waals surface area contributed by atoms with Crippen molar-refractivity contribution in [3.63, 3.8) is 0 Å². The Morgan fingerprint density at radius 1 is 1.50 bits per heavy atom. The zero-order chi connectivity index (χ0) is 16.4. The first-order valence-corrected chi connectivity index (χ1v) is 6.79.